The highest BCUT2D eigenvalue weighted by Gasteiger charge is 2.01. The first-order chi connectivity index (χ1) is 10.3. The molecule has 0 bridgehead atoms. The van der Waals surface area contributed by atoms with Crippen molar-refractivity contribution in [1.29, 1.82) is 0 Å². The van der Waals surface area contributed by atoms with Crippen LogP contribution in [0.5, 0.6) is 5.75 Å². The minimum Gasteiger partial charge on any atom is -0.492 e. The predicted molar refractivity (Wildman–Crippen MR) is 85.3 cm³/mol. The van der Waals surface area contributed by atoms with Crippen molar-refractivity contribution in [2.75, 3.05) is 27.2 Å². The molecule has 0 saturated heterocycles. The number of hydrogen-bond donors (Lipinski definition) is 1. The molecular weight excluding hydrogens is 262 g/mol. The second kappa shape index (κ2) is 8.39. The normalized spacial score (nSPS) is 10.8. The Labute approximate surface area is 126 Å². The molecule has 112 valence electrons. The topological polar surface area (TPSA) is 37.4 Å². The van der Waals surface area contributed by atoms with Crippen LogP contribution in [0.3, 0.4) is 0 Å². The molecule has 0 fully saturated rings. The van der Waals surface area contributed by atoms with Crippen molar-refractivity contribution in [1.82, 2.24) is 15.2 Å². The van der Waals surface area contributed by atoms with Gasteiger partial charge in [0.2, 0.25) is 0 Å². The molecule has 0 spiro atoms. The van der Waals surface area contributed by atoms with Gasteiger partial charge in [0.25, 0.3) is 0 Å². The maximum Gasteiger partial charge on any atom is 0.119 e. The maximum atomic E-state index is 5.82. The zero-order valence-electron chi connectivity index (χ0n) is 12.7. The third-order valence-electron chi connectivity index (χ3n) is 3.20. The molecule has 1 aromatic carbocycles. The molecule has 0 aliphatic carbocycles. The van der Waals surface area contributed by atoms with Gasteiger partial charge in [-0.3, -0.25) is 9.88 Å². The molecular formula is C17H23N3O. The minimum atomic E-state index is 0.680. The SMILES string of the molecule is CNCc1cccc(OCCN(C)Cc2cccnc2)c1. The smallest absolute Gasteiger partial charge is 0.119 e. The monoisotopic (exact) mass is 285 g/mol. The lowest BCUT2D eigenvalue weighted by molar-refractivity contribution is 0.232. The first-order valence-corrected chi connectivity index (χ1v) is 7.21. The molecule has 0 unspecified atom stereocenters. The van der Waals surface area contributed by atoms with Crippen LogP contribution in [-0.2, 0) is 13.1 Å². The predicted octanol–water partition coefficient (Wildman–Crippen LogP) is 2.31. The van der Waals surface area contributed by atoms with Crippen LogP contribution in [-0.4, -0.2) is 37.1 Å². The number of hydrogen-bond acceptors (Lipinski definition) is 4. The van der Waals surface area contributed by atoms with Crippen molar-refractivity contribution in [2.45, 2.75) is 13.1 Å². The van der Waals surface area contributed by atoms with Gasteiger partial charge in [0.1, 0.15) is 12.4 Å². The van der Waals surface area contributed by atoms with Gasteiger partial charge in [0, 0.05) is 32.0 Å². The zero-order valence-corrected chi connectivity index (χ0v) is 12.7. The lowest BCUT2D eigenvalue weighted by atomic mass is 10.2. The summed E-state index contributed by atoms with van der Waals surface area (Å²) in [6.45, 7) is 3.31. The van der Waals surface area contributed by atoms with E-state index >= 15 is 0 Å². The number of nitrogens with one attached hydrogen (secondary N) is 1. The molecule has 1 aromatic heterocycles. The number of pyridine rings is 1. The molecule has 0 amide bonds. The fraction of sp³-hybridized carbons (Fsp3) is 0.353. The summed E-state index contributed by atoms with van der Waals surface area (Å²) in [7, 11) is 4.04. The second-order valence-corrected chi connectivity index (χ2v) is 5.13. The summed E-state index contributed by atoms with van der Waals surface area (Å²) in [5.41, 5.74) is 2.45. The van der Waals surface area contributed by atoms with Crippen LogP contribution >= 0.6 is 0 Å². The Morgan fingerprint density at radius 3 is 2.81 bits per heavy atom. The Kier molecular flexibility index (Phi) is 6.19. The van der Waals surface area contributed by atoms with Crippen LogP contribution in [0.2, 0.25) is 0 Å². The van der Waals surface area contributed by atoms with Crippen LogP contribution in [0, 0.1) is 0 Å². The first-order valence-electron chi connectivity index (χ1n) is 7.21. The number of ether oxygens (including phenoxy) is 1. The first kappa shape index (κ1) is 15.5. The fourth-order valence-corrected chi connectivity index (χ4v) is 2.15. The van der Waals surface area contributed by atoms with E-state index in [-0.39, 0.29) is 0 Å². The lowest BCUT2D eigenvalue weighted by Gasteiger charge is -2.17. The van der Waals surface area contributed by atoms with Crippen molar-refractivity contribution < 1.29 is 4.74 Å². The maximum absolute atomic E-state index is 5.82. The van der Waals surface area contributed by atoms with Crippen molar-refractivity contribution >= 4 is 0 Å². The molecule has 0 radical (unpaired) electrons. The summed E-state index contributed by atoms with van der Waals surface area (Å²) in [6, 6.07) is 12.3. The summed E-state index contributed by atoms with van der Waals surface area (Å²) < 4.78 is 5.82. The van der Waals surface area contributed by atoms with Crippen LogP contribution in [0.4, 0.5) is 0 Å². The van der Waals surface area contributed by atoms with Crippen LogP contribution < -0.4 is 10.1 Å². The van der Waals surface area contributed by atoms with Crippen molar-refractivity contribution in [2.24, 2.45) is 0 Å². The molecule has 0 saturated carbocycles. The highest BCUT2D eigenvalue weighted by atomic mass is 16.5. The largest absolute Gasteiger partial charge is 0.492 e. The van der Waals surface area contributed by atoms with E-state index in [9.17, 15) is 0 Å². The summed E-state index contributed by atoms with van der Waals surface area (Å²) in [6.07, 6.45) is 3.70. The molecule has 0 atom stereocenters. The van der Waals surface area contributed by atoms with Crippen LogP contribution in [0.25, 0.3) is 0 Å². The van der Waals surface area contributed by atoms with E-state index < -0.39 is 0 Å². The molecule has 4 heteroatoms. The van der Waals surface area contributed by atoms with Crippen molar-refractivity contribution in [3.63, 3.8) is 0 Å². The summed E-state index contributed by atoms with van der Waals surface area (Å²) in [4.78, 5) is 6.36. The summed E-state index contributed by atoms with van der Waals surface area (Å²) >= 11 is 0. The van der Waals surface area contributed by atoms with Gasteiger partial charge < -0.3 is 10.1 Å². The fourth-order valence-electron chi connectivity index (χ4n) is 2.15. The zero-order chi connectivity index (χ0) is 14.9. The van der Waals surface area contributed by atoms with Crippen molar-refractivity contribution in [3.8, 4) is 5.75 Å². The van der Waals surface area contributed by atoms with E-state index in [0.717, 1.165) is 25.4 Å². The van der Waals surface area contributed by atoms with Gasteiger partial charge in [-0.1, -0.05) is 18.2 Å². The standard InChI is InChI=1S/C17H23N3O/c1-18-12-15-5-3-7-17(11-15)21-10-9-20(2)14-16-6-4-8-19-13-16/h3-8,11,13,18H,9-10,12,14H2,1-2H3. The number of nitrogens with zero attached hydrogens (tertiary/aromatic N) is 2. The van der Waals surface area contributed by atoms with E-state index in [1.165, 1.54) is 11.1 Å². The third-order valence-corrected chi connectivity index (χ3v) is 3.20. The highest BCUT2D eigenvalue weighted by Crippen LogP contribution is 2.13. The Morgan fingerprint density at radius 1 is 1.19 bits per heavy atom. The number of likely N-dealkylation sites (N-methyl/N-ethyl adjacent to an activating group) is 1. The quantitative estimate of drug-likeness (QED) is 0.807. The van der Waals surface area contributed by atoms with E-state index in [2.05, 4.69) is 40.4 Å². The Morgan fingerprint density at radius 2 is 2.05 bits per heavy atom. The Balaban J connectivity index is 1.74. The van der Waals surface area contributed by atoms with Gasteiger partial charge in [-0.05, 0) is 43.4 Å². The van der Waals surface area contributed by atoms with Gasteiger partial charge in [0.05, 0.1) is 0 Å². The molecule has 0 aliphatic rings. The van der Waals surface area contributed by atoms with Gasteiger partial charge in [-0.15, -0.1) is 0 Å². The molecule has 2 rings (SSSR count). The number of rotatable bonds is 8. The van der Waals surface area contributed by atoms with E-state index in [0.29, 0.717) is 6.61 Å². The summed E-state index contributed by atoms with van der Waals surface area (Å²) in [5.74, 6) is 0.928. The molecule has 4 nitrogen and oxygen atoms in total. The van der Waals surface area contributed by atoms with Gasteiger partial charge in [0.15, 0.2) is 0 Å². The van der Waals surface area contributed by atoms with E-state index in [1.807, 2.05) is 31.4 Å². The van der Waals surface area contributed by atoms with E-state index in [1.54, 1.807) is 6.20 Å². The molecule has 1 heterocycles. The summed E-state index contributed by atoms with van der Waals surface area (Å²) in [5, 5.41) is 3.14. The van der Waals surface area contributed by atoms with E-state index in [4.69, 9.17) is 4.74 Å². The lowest BCUT2D eigenvalue weighted by Crippen LogP contribution is -2.23. The number of benzene rings is 1. The van der Waals surface area contributed by atoms with Crippen molar-refractivity contribution in [3.05, 3.63) is 59.9 Å². The van der Waals surface area contributed by atoms with Crippen LogP contribution in [0.1, 0.15) is 11.1 Å². The molecule has 21 heavy (non-hydrogen) atoms. The number of aromatic nitrogens is 1. The third kappa shape index (κ3) is 5.53. The Bertz CT molecular complexity index is 531. The molecule has 1 N–H and O–H groups in total. The van der Waals surface area contributed by atoms with Gasteiger partial charge in [-0.25, -0.2) is 0 Å². The minimum absolute atomic E-state index is 0.680. The Hall–Kier alpha value is -1.91. The molecule has 2 aromatic rings. The van der Waals surface area contributed by atoms with Crippen LogP contribution in [0.15, 0.2) is 48.8 Å². The van der Waals surface area contributed by atoms with Gasteiger partial charge >= 0.3 is 0 Å². The van der Waals surface area contributed by atoms with Gasteiger partial charge in [-0.2, -0.15) is 0 Å². The molecule has 0 aliphatic heterocycles. The highest BCUT2D eigenvalue weighted by molar-refractivity contribution is 5.28. The second-order valence-electron chi connectivity index (χ2n) is 5.13. The average Bonchev–Trinajstić information content (AvgIpc) is 2.49. The average molecular weight is 285 g/mol.